The molecule has 0 saturated carbocycles. The number of furan rings is 1. The van der Waals surface area contributed by atoms with Crippen molar-refractivity contribution in [3.63, 3.8) is 0 Å². The minimum atomic E-state index is -2.34. The molecule has 8 rings (SSSR count). The zero-order chi connectivity index (χ0) is 49.6. The zero-order valence-electron chi connectivity index (χ0n) is 40.5. The van der Waals surface area contributed by atoms with Crippen molar-refractivity contribution in [1.29, 1.82) is 0 Å². The van der Waals surface area contributed by atoms with Crippen molar-refractivity contribution >= 4 is 25.4 Å². The summed E-state index contributed by atoms with van der Waals surface area (Å²) >= 11 is 0. The van der Waals surface area contributed by atoms with Gasteiger partial charge in [0, 0.05) is 62.0 Å². The molecule has 15 nitrogen and oxygen atoms in total. The van der Waals surface area contributed by atoms with Crippen LogP contribution in [0.2, 0.25) is 18.1 Å². The number of nitrogens with zero attached hydrogens (tertiary/aromatic N) is 6. The summed E-state index contributed by atoms with van der Waals surface area (Å²) < 4.78 is 52.1. The van der Waals surface area contributed by atoms with Gasteiger partial charge < -0.3 is 42.9 Å². The van der Waals surface area contributed by atoms with E-state index in [-0.39, 0.29) is 36.3 Å². The first kappa shape index (κ1) is 49.5. The minimum Gasteiger partial charge on any atom is -0.543 e. The second kappa shape index (κ2) is 21.4. The van der Waals surface area contributed by atoms with Crippen LogP contribution in [0.15, 0.2) is 114 Å². The number of carboxylic acid groups (broad SMARTS) is 1. The van der Waals surface area contributed by atoms with Crippen LogP contribution in [0.3, 0.4) is 0 Å². The van der Waals surface area contributed by atoms with Crippen LogP contribution in [0, 0.1) is 5.82 Å². The predicted octanol–water partition coefficient (Wildman–Crippen LogP) is 9.19. The number of ether oxygens (including phenoxy) is 4. The smallest absolute Gasteiger partial charge is 0.345 e. The lowest BCUT2D eigenvalue weighted by atomic mass is 9.99. The van der Waals surface area contributed by atoms with E-state index in [1.54, 1.807) is 55.8 Å². The zero-order valence-corrected chi connectivity index (χ0v) is 41.5. The van der Waals surface area contributed by atoms with Gasteiger partial charge in [-0.15, -0.1) is 0 Å². The molecular formula is C53H59FN6O9Si. The number of likely N-dealkylation sites (N-methyl/N-ethyl adjacent to an activating group) is 1. The van der Waals surface area contributed by atoms with E-state index < -0.39 is 32.3 Å². The highest BCUT2D eigenvalue weighted by atomic mass is 28.4. The number of aromatic nitrogens is 4. The Hall–Kier alpha value is -6.92. The number of methoxy groups -OCH3 is 1. The molecule has 4 aromatic carbocycles. The summed E-state index contributed by atoms with van der Waals surface area (Å²) in [5, 5.41) is 21.3. The highest BCUT2D eigenvalue weighted by Gasteiger charge is 2.39. The van der Waals surface area contributed by atoms with Gasteiger partial charge in [0.2, 0.25) is 26.0 Å². The molecule has 366 valence electrons. The number of aliphatic carboxylic acids is 1. The highest BCUT2D eigenvalue weighted by molar-refractivity contribution is 6.74. The van der Waals surface area contributed by atoms with E-state index in [9.17, 15) is 19.4 Å². The first-order valence-electron chi connectivity index (χ1n) is 23.2. The third-order valence-corrected chi connectivity index (χ3v) is 17.2. The Morgan fingerprint density at radius 1 is 0.871 bits per heavy atom. The average molecular weight is 971 g/mol. The van der Waals surface area contributed by atoms with Crippen molar-refractivity contribution in [2.45, 2.75) is 64.1 Å². The number of aliphatic hydroxyl groups excluding tert-OH is 1. The lowest BCUT2D eigenvalue weighted by Crippen LogP contribution is -2.48. The molecule has 1 unspecified atom stereocenters. The van der Waals surface area contributed by atoms with Crippen molar-refractivity contribution in [2.75, 3.05) is 53.5 Å². The van der Waals surface area contributed by atoms with Crippen LogP contribution in [0.4, 0.5) is 4.39 Å². The summed E-state index contributed by atoms with van der Waals surface area (Å²) in [6.07, 6.45) is 0.787. The van der Waals surface area contributed by atoms with Gasteiger partial charge in [0.25, 0.3) is 0 Å². The van der Waals surface area contributed by atoms with E-state index in [4.69, 9.17) is 32.8 Å². The lowest BCUT2D eigenvalue weighted by molar-refractivity contribution is -0.145. The number of para-hydroxylation sites is 1. The number of hydrogen-bond acceptors (Lipinski definition) is 14. The van der Waals surface area contributed by atoms with Crippen molar-refractivity contribution in [3.05, 3.63) is 127 Å². The summed E-state index contributed by atoms with van der Waals surface area (Å²) in [5.41, 5.74) is 3.62. The molecule has 0 radical (unpaired) electrons. The summed E-state index contributed by atoms with van der Waals surface area (Å²) in [6.45, 7) is 14.8. The molecule has 1 aliphatic rings. The standard InChI is InChI=1S/C53H59FN6O9Si/c1-53(2,3)70(6,7)69-40-20-21-43(65-32-38-22-23-55-49(58-38)42-10-8-9-11-44(42)64-5)36(28-40)29-45(52(62)63)67-50-47-46(48(68-51(47)57-33-56-50)35-12-16-37(54)17-13-35)34-14-18-39(19-15-34)66-41(31-61)30-60-26-24-59(4)25-27-60/h8-23,28,33,41,45,61H,24-27,29-32H2,1-7H3,(H,62,63)/t41-,45?/m0/s1. The molecule has 0 bridgehead atoms. The van der Waals surface area contributed by atoms with Crippen LogP contribution in [0.1, 0.15) is 32.0 Å². The Morgan fingerprint density at radius 3 is 2.29 bits per heavy atom. The summed E-state index contributed by atoms with van der Waals surface area (Å²) in [6, 6.07) is 27.7. The van der Waals surface area contributed by atoms with E-state index in [1.165, 1.54) is 18.5 Å². The SMILES string of the molecule is COc1ccccc1-c1nccc(COc2ccc(O[Si](C)(C)C(C)(C)C)cc2CC(Oc2ncnc3oc(-c4ccc(F)cc4)c(-c4ccc(O[C@H](CO)CN5CCN(C)CC5)cc4)c23)C(=O)O)n1. The number of carboxylic acids is 1. The Morgan fingerprint density at radius 2 is 1.59 bits per heavy atom. The molecule has 70 heavy (non-hydrogen) atoms. The molecule has 3 aromatic heterocycles. The van der Waals surface area contributed by atoms with E-state index in [0.717, 1.165) is 31.7 Å². The van der Waals surface area contributed by atoms with Crippen molar-refractivity contribution in [1.82, 2.24) is 29.7 Å². The van der Waals surface area contributed by atoms with Crippen LogP contribution < -0.4 is 23.4 Å². The second-order valence-electron chi connectivity index (χ2n) is 18.9. The number of halogens is 1. The van der Waals surface area contributed by atoms with Gasteiger partial charge in [-0.2, -0.15) is 0 Å². The van der Waals surface area contributed by atoms with Gasteiger partial charge in [0.15, 0.2) is 5.82 Å². The number of fused-ring (bicyclic) bond motifs is 1. The fraction of sp³-hybridized carbons (Fsp3) is 0.340. The maximum absolute atomic E-state index is 14.3. The fourth-order valence-corrected chi connectivity index (χ4v) is 8.91. The molecular weight excluding hydrogens is 912 g/mol. The third kappa shape index (κ3) is 11.6. The predicted molar refractivity (Wildman–Crippen MR) is 266 cm³/mol. The van der Waals surface area contributed by atoms with Gasteiger partial charge in [-0.25, -0.2) is 29.1 Å². The molecule has 1 saturated heterocycles. The Labute approximate surface area is 408 Å². The quantitative estimate of drug-likeness (QED) is 0.0734. The molecule has 7 aromatic rings. The topological polar surface area (TPSA) is 175 Å². The van der Waals surface area contributed by atoms with Crippen LogP contribution >= 0.6 is 0 Å². The third-order valence-electron chi connectivity index (χ3n) is 12.8. The number of rotatable bonds is 19. The minimum absolute atomic E-state index is 0.0382. The van der Waals surface area contributed by atoms with Gasteiger partial charge in [-0.05, 0) is 104 Å². The van der Waals surface area contributed by atoms with Gasteiger partial charge in [-0.3, -0.25) is 4.90 Å². The lowest BCUT2D eigenvalue weighted by Gasteiger charge is -2.36. The molecule has 2 atom stereocenters. The van der Waals surface area contributed by atoms with Crippen molar-refractivity contribution in [3.8, 4) is 62.7 Å². The molecule has 0 aliphatic carbocycles. The van der Waals surface area contributed by atoms with E-state index in [0.29, 0.717) is 74.5 Å². The van der Waals surface area contributed by atoms with Crippen LogP contribution in [0.5, 0.6) is 28.9 Å². The number of piperazine rings is 1. The van der Waals surface area contributed by atoms with Crippen LogP contribution in [0.25, 0.3) is 44.9 Å². The molecule has 0 spiro atoms. The second-order valence-corrected chi connectivity index (χ2v) is 23.6. The Balaban J connectivity index is 1.12. The van der Waals surface area contributed by atoms with E-state index in [2.05, 4.69) is 65.7 Å². The normalized spacial score (nSPS) is 14.5. The summed E-state index contributed by atoms with van der Waals surface area (Å²) in [7, 11) is 1.35. The molecule has 4 heterocycles. The molecule has 2 N–H and O–H groups in total. The van der Waals surface area contributed by atoms with Gasteiger partial charge in [0.1, 0.15) is 59.0 Å². The van der Waals surface area contributed by atoms with Crippen molar-refractivity contribution in [2.24, 2.45) is 0 Å². The van der Waals surface area contributed by atoms with Crippen LogP contribution in [-0.4, -0.2) is 120 Å². The maximum atomic E-state index is 14.3. The van der Waals surface area contributed by atoms with Crippen LogP contribution in [-0.2, 0) is 17.8 Å². The Bertz CT molecular complexity index is 2900. The first-order chi connectivity index (χ1) is 33.6. The molecule has 1 aliphatic heterocycles. The monoisotopic (exact) mass is 970 g/mol. The van der Waals surface area contributed by atoms with E-state index in [1.807, 2.05) is 42.5 Å². The van der Waals surface area contributed by atoms with E-state index >= 15 is 0 Å². The average Bonchev–Trinajstić information content (AvgIpc) is 3.74. The molecule has 17 heteroatoms. The number of benzene rings is 4. The maximum Gasteiger partial charge on any atom is 0.345 e. The Kier molecular flexibility index (Phi) is 15.1. The van der Waals surface area contributed by atoms with Gasteiger partial charge in [0.05, 0.1) is 25.0 Å². The largest absolute Gasteiger partial charge is 0.543 e. The summed E-state index contributed by atoms with van der Waals surface area (Å²) in [4.78, 5) is 36.1. The molecule has 0 amide bonds. The number of hydrogen-bond donors (Lipinski definition) is 2. The highest BCUT2D eigenvalue weighted by Crippen LogP contribution is 2.44. The molecule has 1 fully saturated rings. The first-order valence-corrected chi connectivity index (χ1v) is 26.1. The van der Waals surface area contributed by atoms with Crippen molar-refractivity contribution < 1.29 is 47.2 Å². The summed E-state index contributed by atoms with van der Waals surface area (Å²) in [5.74, 6) is 1.22. The number of aliphatic hydroxyl groups is 1. The fourth-order valence-electron chi connectivity index (χ4n) is 7.89. The van der Waals surface area contributed by atoms with Gasteiger partial charge in [-0.1, -0.05) is 45.0 Å². The number of carbonyl (C=O) groups is 1. The van der Waals surface area contributed by atoms with Gasteiger partial charge >= 0.3 is 5.97 Å².